The molecule has 0 saturated heterocycles. The topological polar surface area (TPSA) is 89.6 Å². The molecule has 5 nitrogen and oxygen atoms in total. The summed E-state index contributed by atoms with van der Waals surface area (Å²) in [5, 5.41) is 9.04. The van der Waals surface area contributed by atoms with Gasteiger partial charge in [-0.3, -0.25) is 9.59 Å². The lowest BCUT2D eigenvalue weighted by atomic mass is 10.1. The number of hydrogen-bond acceptors (Lipinski definition) is 4. The van der Waals surface area contributed by atoms with Crippen molar-refractivity contribution in [2.45, 2.75) is 12.8 Å². The van der Waals surface area contributed by atoms with Crippen molar-refractivity contribution in [2.24, 2.45) is 5.73 Å². The van der Waals surface area contributed by atoms with Crippen molar-refractivity contribution in [3.63, 3.8) is 0 Å². The summed E-state index contributed by atoms with van der Waals surface area (Å²) < 4.78 is 4.59. The second-order valence-electron chi connectivity index (χ2n) is 3.29. The number of carbonyl (C=O) groups is 2. The molecule has 16 heavy (non-hydrogen) atoms. The van der Waals surface area contributed by atoms with Gasteiger partial charge in [0.2, 0.25) is 0 Å². The maximum absolute atomic E-state index is 11.1. The molecular formula is C11H13NO4. The number of carbonyl (C=O) groups excluding carboxylic acids is 2. The van der Waals surface area contributed by atoms with E-state index in [1.165, 1.54) is 0 Å². The maximum Gasteiger partial charge on any atom is 0.306 e. The molecule has 0 bridgehead atoms. The van der Waals surface area contributed by atoms with Crippen LogP contribution in [0.3, 0.4) is 0 Å². The largest absolute Gasteiger partial charge is 0.508 e. The molecule has 0 unspecified atom stereocenters. The molecule has 0 heterocycles. The molecule has 0 radical (unpaired) electrons. The van der Waals surface area contributed by atoms with Crippen LogP contribution in [0.2, 0.25) is 0 Å². The van der Waals surface area contributed by atoms with Crippen molar-refractivity contribution < 1.29 is 19.4 Å². The molecule has 0 spiro atoms. The monoisotopic (exact) mass is 223 g/mol. The first kappa shape index (κ1) is 12.0. The minimum absolute atomic E-state index is 0.179. The fourth-order valence-electron chi connectivity index (χ4n) is 1.13. The van der Waals surface area contributed by atoms with Crippen LogP contribution in [0.15, 0.2) is 24.3 Å². The van der Waals surface area contributed by atoms with Gasteiger partial charge in [0.15, 0.2) is 6.61 Å². The highest BCUT2D eigenvalue weighted by Crippen LogP contribution is 2.11. The number of aryl methyl sites for hydroxylation is 1. The Labute approximate surface area is 92.8 Å². The van der Waals surface area contributed by atoms with E-state index in [2.05, 4.69) is 4.74 Å². The highest BCUT2D eigenvalue weighted by atomic mass is 16.5. The normalized spacial score (nSPS) is 9.75. The SMILES string of the molecule is NC(=O)COC(=O)CCc1ccc(O)cc1. The third-order valence-electron chi connectivity index (χ3n) is 1.93. The van der Waals surface area contributed by atoms with Crippen molar-refractivity contribution in [2.75, 3.05) is 6.61 Å². The van der Waals surface area contributed by atoms with Gasteiger partial charge >= 0.3 is 5.97 Å². The van der Waals surface area contributed by atoms with Gasteiger partial charge in [-0.25, -0.2) is 0 Å². The highest BCUT2D eigenvalue weighted by molar-refractivity contribution is 5.79. The Kier molecular flexibility index (Phi) is 4.32. The number of aromatic hydroxyl groups is 1. The van der Waals surface area contributed by atoms with E-state index < -0.39 is 11.9 Å². The molecular weight excluding hydrogens is 210 g/mol. The van der Waals surface area contributed by atoms with E-state index in [0.29, 0.717) is 6.42 Å². The first-order valence-electron chi connectivity index (χ1n) is 4.80. The molecule has 0 aromatic heterocycles. The van der Waals surface area contributed by atoms with E-state index in [4.69, 9.17) is 10.8 Å². The number of primary amides is 1. The van der Waals surface area contributed by atoms with Crippen molar-refractivity contribution in [1.82, 2.24) is 0 Å². The molecule has 1 amide bonds. The van der Waals surface area contributed by atoms with Crippen LogP contribution < -0.4 is 5.73 Å². The molecule has 1 rings (SSSR count). The predicted octanol–water partition coefficient (Wildman–Crippen LogP) is 0.353. The number of benzene rings is 1. The minimum atomic E-state index is -0.669. The van der Waals surface area contributed by atoms with Gasteiger partial charge in [-0.15, -0.1) is 0 Å². The minimum Gasteiger partial charge on any atom is -0.508 e. The summed E-state index contributed by atoms with van der Waals surface area (Å²) in [7, 11) is 0. The predicted molar refractivity (Wildman–Crippen MR) is 56.6 cm³/mol. The zero-order chi connectivity index (χ0) is 12.0. The summed E-state index contributed by atoms with van der Waals surface area (Å²) >= 11 is 0. The van der Waals surface area contributed by atoms with Gasteiger partial charge < -0.3 is 15.6 Å². The summed E-state index contributed by atoms with van der Waals surface area (Å²) in [6.07, 6.45) is 0.677. The van der Waals surface area contributed by atoms with Crippen molar-refractivity contribution in [1.29, 1.82) is 0 Å². The number of esters is 1. The molecule has 0 aliphatic rings. The summed E-state index contributed by atoms with van der Waals surface area (Å²) in [4.78, 5) is 21.4. The molecule has 3 N–H and O–H groups in total. The molecule has 1 aromatic carbocycles. The van der Waals surface area contributed by atoms with Crippen LogP contribution in [-0.4, -0.2) is 23.6 Å². The van der Waals surface area contributed by atoms with Gasteiger partial charge in [0, 0.05) is 6.42 Å². The standard InChI is InChI=1S/C11H13NO4/c12-10(14)7-16-11(15)6-3-8-1-4-9(13)5-2-8/h1-2,4-5,13H,3,6-7H2,(H2,12,14). The fraction of sp³-hybridized carbons (Fsp3) is 0.273. The Morgan fingerprint density at radius 3 is 2.44 bits per heavy atom. The Bertz CT molecular complexity index is 372. The van der Waals surface area contributed by atoms with Gasteiger partial charge in [-0.2, -0.15) is 0 Å². The van der Waals surface area contributed by atoms with Gasteiger partial charge in [0.1, 0.15) is 5.75 Å². The summed E-state index contributed by atoms with van der Waals surface area (Å²) in [5.74, 6) is -0.954. The van der Waals surface area contributed by atoms with Crippen LogP contribution in [0.25, 0.3) is 0 Å². The quantitative estimate of drug-likeness (QED) is 0.705. The molecule has 5 heteroatoms. The Hall–Kier alpha value is -2.04. The smallest absolute Gasteiger partial charge is 0.306 e. The zero-order valence-electron chi connectivity index (χ0n) is 8.68. The van der Waals surface area contributed by atoms with Gasteiger partial charge in [0.25, 0.3) is 5.91 Å². The van der Waals surface area contributed by atoms with Gasteiger partial charge in [0.05, 0.1) is 0 Å². The third-order valence-corrected chi connectivity index (χ3v) is 1.93. The number of hydrogen-bond donors (Lipinski definition) is 2. The van der Waals surface area contributed by atoms with Crippen LogP contribution in [0.5, 0.6) is 5.75 Å². The zero-order valence-corrected chi connectivity index (χ0v) is 8.68. The first-order valence-corrected chi connectivity index (χ1v) is 4.80. The molecule has 0 saturated carbocycles. The number of phenols is 1. The summed E-state index contributed by atoms with van der Waals surface area (Å²) in [6.45, 7) is -0.381. The molecule has 0 aliphatic carbocycles. The van der Waals surface area contributed by atoms with E-state index in [1.807, 2.05) is 0 Å². The van der Waals surface area contributed by atoms with Crippen LogP contribution in [0, 0.1) is 0 Å². The lowest BCUT2D eigenvalue weighted by Crippen LogP contribution is -2.21. The van der Waals surface area contributed by atoms with E-state index in [9.17, 15) is 9.59 Å². The number of amides is 1. The summed E-state index contributed by atoms with van der Waals surface area (Å²) in [5.41, 5.74) is 5.73. The third kappa shape index (κ3) is 4.45. The van der Waals surface area contributed by atoms with Crippen LogP contribution >= 0.6 is 0 Å². The van der Waals surface area contributed by atoms with Gasteiger partial charge in [-0.05, 0) is 24.1 Å². The van der Waals surface area contributed by atoms with Crippen molar-refractivity contribution in [3.8, 4) is 5.75 Å². The van der Waals surface area contributed by atoms with Crippen LogP contribution in [-0.2, 0) is 20.7 Å². The number of ether oxygens (including phenoxy) is 1. The highest BCUT2D eigenvalue weighted by Gasteiger charge is 2.05. The van der Waals surface area contributed by atoms with Crippen molar-refractivity contribution >= 4 is 11.9 Å². The number of rotatable bonds is 5. The maximum atomic E-state index is 11.1. The second kappa shape index (κ2) is 5.75. The Balaban J connectivity index is 2.31. The average Bonchev–Trinajstić information content (AvgIpc) is 2.25. The summed E-state index contributed by atoms with van der Waals surface area (Å²) in [6, 6.07) is 6.53. The van der Waals surface area contributed by atoms with Crippen molar-refractivity contribution in [3.05, 3.63) is 29.8 Å². The van der Waals surface area contributed by atoms with E-state index in [0.717, 1.165) is 5.56 Å². The van der Waals surface area contributed by atoms with Crippen LogP contribution in [0.4, 0.5) is 0 Å². The average molecular weight is 223 g/mol. The van der Waals surface area contributed by atoms with E-state index in [-0.39, 0.29) is 18.8 Å². The molecule has 0 aliphatic heterocycles. The Morgan fingerprint density at radius 2 is 1.88 bits per heavy atom. The van der Waals surface area contributed by atoms with E-state index >= 15 is 0 Å². The fourth-order valence-corrected chi connectivity index (χ4v) is 1.13. The molecule has 1 aromatic rings. The molecule has 0 atom stereocenters. The lowest BCUT2D eigenvalue weighted by molar-refractivity contribution is -0.147. The molecule has 0 fully saturated rings. The molecule has 86 valence electrons. The Morgan fingerprint density at radius 1 is 1.25 bits per heavy atom. The van der Waals surface area contributed by atoms with E-state index in [1.54, 1.807) is 24.3 Å². The van der Waals surface area contributed by atoms with Crippen LogP contribution in [0.1, 0.15) is 12.0 Å². The number of phenolic OH excluding ortho intramolecular Hbond substituents is 1. The second-order valence-corrected chi connectivity index (χ2v) is 3.29. The van der Waals surface area contributed by atoms with Gasteiger partial charge in [-0.1, -0.05) is 12.1 Å². The first-order chi connectivity index (χ1) is 7.58. The lowest BCUT2D eigenvalue weighted by Gasteiger charge is -2.02. The number of nitrogens with two attached hydrogens (primary N) is 1.